The van der Waals surface area contributed by atoms with E-state index < -0.39 is 0 Å². The third kappa shape index (κ3) is 3.60. The van der Waals surface area contributed by atoms with Gasteiger partial charge in [0.25, 0.3) is 5.91 Å². The number of carbonyl (C=O) groups is 1. The highest BCUT2D eigenvalue weighted by Gasteiger charge is 2.16. The summed E-state index contributed by atoms with van der Waals surface area (Å²) < 4.78 is 5.24. The number of methoxy groups -OCH3 is 1. The van der Waals surface area contributed by atoms with Crippen molar-refractivity contribution in [2.45, 2.75) is 26.2 Å². The van der Waals surface area contributed by atoms with Crippen LogP contribution in [0.3, 0.4) is 0 Å². The SMILES string of the molecule is CC[C@H](C)c1ccccc1NC(=O)c1cc(Cl)ccc1OC. The fourth-order valence-corrected chi connectivity index (χ4v) is 2.48. The normalized spacial score (nSPS) is 11.8. The molecule has 0 aromatic heterocycles. The maximum absolute atomic E-state index is 12.6. The van der Waals surface area contributed by atoms with Crippen LogP contribution in [0.1, 0.15) is 42.1 Å². The number of hydrogen-bond donors (Lipinski definition) is 1. The zero-order valence-electron chi connectivity index (χ0n) is 13.0. The van der Waals surface area contributed by atoms with Crippen LogP contribution in [0.4, 0.5) is 5.69 Å². The largest absolute Gasteiger partial charge is 0.496 e. The first-order valence-corrected chi connectivity index (χ1v) is 7.68. The first-order chi connectivity index (χ1) is 10.6. The molecular weight excluding hydrogens is 298 g/mol. The summed E-state index contributed by atoms with van der Waals surface area (Å²) in [6, 6.07) is 12.9. The predicted octanol–water partition coefficient (Wildman–Crippen LogP) is 5.11. The summed E-state index contributed by atoms with van der Waals surface area (Å²) in [5.74, 6) is 0.649. The quantitative estimate of drug-likeness (QED) is 0.831. The Morgan fingerprint density at radius 3 is 2.68 bits per heavy atom. The second kappa shape index (κ2) is 7.32. The van der Waals surface area contributed by atoms with Crippen LogP contribution in [0.25, 0.3) is 0 Å². The lowest BCUT2D eigenvalue weighted by atomic mass is 9.96. The highest BCUT2D eigenvalue weighted by atomic mass is 35.5. The van der Waals surface area contributed by atoms with Gasteiger partial charge < -0.3 is 10.1 Å². The Hall–Kier alpha value is -2.00. The molecule has 3 nitrogen and oxygen atoms in total. The third-order valence-corrected chi connectivity index (χ3v) is 3.99. The van der Waals surface area contributed by atoms with Crippen molar-refractivity contribution in [3.63, 3.8) is 0 Å². The third-order valence-electron chi connectivity index (χ3n) is 3.76. The number of amides is 1. The predicted molar refractivity (Wildman–Crippen MR) is 91.1 cm³/mol. The van der Waals surface area contributed by atoms with E-state index in [-0.39, 0.29) is 5.91 Å². The van der Waals surface area contributed by atoms with Crippen LogP contribution in [-0.2, 0) is 0 Å². The standard InChI is InChI=1S/C18H20ClNO2/c1-4-12(2)14-7-5-6-8-16(14)20-18(21)15-11-13(19)9-10-17(15)22-3/h5-12H,4H2,1-3H3,(H,20,21)/t12-/m0/s1. The van der Waals surface area contributed by atoms with Crippen LogP contribution in [0, 0.1) is 0 Å². The summed E-state index contributed by atoms with van der Waals surface area (Å²) in [6.07, 6.45) is 1.01. The van der Waals surface area contributed by atoms with E-state index in [2.05, 4.69) is 19.2 Å². The number of benzene rings is 2. The minimum atomic E-state index is -0.227. The van der Waals surface area contributed by atoms with Crippen molar-refractivity contribution in [1.29, 1.82) is 0 Å². The molecule has 0 fully saturated rings. The van der Waals surface area contributed by atoms with Crippen molar-refractivity contribution in [1.82, 2.24) is 0 Å². The molecule has 0 unspecified atom stereocenters. The number of anilines is 1. The molecule has 0 aliphatic carbocycles. The number of halogens is 1. The Bertz CT molecular complexity index is 670. The number of hydrogen-bond acceptors (Lipinski definition) is 2. The fraction of sp³-hybridized carbons (Fsp3) is 0.278. The van der Waals surface area contributed by atoms with Gasteiger partial charge in [0.1, 0.15) is 5.75 Å². The minimum absolute atomic E-state index is 0.227. The summed E-state index contributed by atoms with van der Waals surface area (Å²) in [5, 5.41) is 3.47. The first-order valence-electron chi connectivity index (χ1n) is 7.30. The van der Waals surface area contributed by atoms with Crippen LogP contribution in [-0.4, -0.2) is 13.0 Å². The van der Waals surface area contributed by atoms with E-state index in [1.807, 2.05) is 24.3 Å². The molecule has 4 heteroatoms. The number of nitrogens with one attached hydrogen (secondary N) is 1. The average Bonchev–Trinajstić information content (AvgIpc) is 2.54. The van der Waals surface area contributed by atoms with Gasteiger partial charge in [-0.2, -0.15) is 0 Å². The number of ether oxygens (including phenoxy) is 1. The van der Waals surface area contributed by atoms with E-state index in [4.69, 9.17) is 16.3 Å². The van der Waals surface area contributed by atoms with Gasteiger partial charge in [0.05, 0.1) is 12.7 Å². The zero-order valence-corrected chi connectivity index (χ0v) is 13.8. The van der Waals surface area contributed by atoms with Crippen LogP contribution in [0.15, 0.2) is 42.5 Å². The molecule has 1 N–H and O–H groups in total. The van der Waals surface area contributed by atoms with Gasteiger partial charge in [-0.15, -0.1) is 0 Å². The Kier molecular flexibility index (Phi) is 5.45. The number of rotatable bonds is 5. The van der Waals surface area contributed by atoms with E-state index in [0.29, 0.717) is 22.3 Å². The molecule has 0 aliphatic heterocycles. The molecule has 0 saturated carbocycles. The molecule has 0 spiro atoms. The number of para-hydroxylation sites is 1. The molecule has 22 heavy (non-hydrogen) atoms. The van der Waals surface area contributed by atoms with E-state index in [0.717, 1.165) is 17.7 Å². The van der Waals surface area contributed by atoms with Gasteiger partial charge in [-0.25, -0.2) is 0 Å². The molecule has 1 amide bonds. The second-order valence-electron chi connectivity index (χ2n) is 5.20. The maximum Gasteiger partial charge on any atom is 0.259 e. The molecule has 0 saturated heterocycles. The van der Waals surface area contributed by atoms with Crippen LogP contribution >= 0.6 is 11.6 Å². The molecule has 1 atom stereocenters. The topological polar surface area (TPSA) is 38.3 Å². The summed E-state index contributed by atoms with van der Waals surface area (Å²) in [5.41, 5.74) is 2.37. The Morgan fingerprint density at radius 1 is 1.27 bits per heavy atom. The monoisotopic (exact) mass is 317 g/mol. The van der Waals surface area contributed by atoms with Crippen molar-refractivity contribution in [2.24, 2.45) is 0 Å². The molecule has 0 heterocycles. The second-order valence-corrected chi connectivity index (χ2v) is 5.63. The molecular formula is C18H20ClNO2. The highest BCUT2D eigenvalue weighted by molar-refractivity contribution is 6.31. The van der Waals surface area contributed by atoms with Crippen LogP contribution < -0.4 is 10.1 Å². The van der Waals surface area contributed by atoms with Crippen molar-refractivity contribution < 1.29 is 9.53 Å². The van der Waals surface area contributed by atoms with Crippen molar-refractivity contribution in [3.05, 3.63) is 58.6 Å². The molecule has 116 valence electrons. The van der Waals surface area contributed by atoms with Gasteiger partial charge in [0.15, 0.2) is 0 Å². The smallest absolute Gasteiger partial charge is 0.259 e. The van der Waals surface area contributed by atoms with Gasteiger partial charge in [-0.1, -0.05) is 43.6 Å². The number of carbonyl (C=O) groups excluding carboxylic acids is 1. The molecule has 0 bridgehead atoms. The van der Waals surface area contributed by atoms with E-state index in [1.54, 1.807) is 18.2 Å². The Labute approximate surface area is 136 Å². The fourth-order valence-electron chi connectivity index (χ4n) is 2.31. The first kappa shape index (κ1) is 16.4. The molecule has 2 rings (SSSR count). The van der Waals surface area contributed by atoms with Crippen molar-refractivity contribution in [3.8, 4) is 5.75 Å². The molecule has 2 aromatic rings. The van der Waals surface area contributed by atoms with E-state index in [9.17, 15) is 4.79 Å². The summed E-state index contributed by atoms with van der Waals surface area (Å²) in [4.78, 5) is 12.6. The van der Waals surface area contributed by atoms with Crippen molar-refractivity contribution >= 4 is 23.2 Å². The average molecular weight is 318 g/mol. The molecule has 0 radical (unpaired) electrons. The summed E-state index contributed by atoms with van der Waals surface area (Å²) >= 11 is 5.99. The van der Waals surface area contributed by atoms with Crippen LogP contribution in [0.5, 0.6) is 5.75 Å². The van der Waals surface area contributed by atoms with E-state index in [1.165, 1.54) is 7.11 Å². The van der Waals surface area contributed by atoms with Gasteiger partial charge >= 0.3 is 0 Å². The molecule has 0 aliphatic rings. The maximum atomic E-state index is 12.6. The van der Waals surface area contributed by atoms with Crippen molar-refractivity contribution in [2.75, 3.05) is 12.4 Å². The Morgan fingerprint density at radius 2 is 2.00 bits per heavy atom. The lowest BCUT2D eigenvalue weighted by Gasteiger charge is -2.16. The van der Waals surface area contributed by atoms with E-state index >= 15 is 0 Å². The van der Waals surface area contributed by atoms with Crippen LogP contribution in [0.2, 0.25) is 5.02 Å². The van der Waals surface area contributed by atoms with Gasteiger partial charge in [0, 0.05) is 10.7 Å². The lowest BCUT2D eigenvalue weighted by molar-refractivity contribution is 0.102. The Balaban J connectivity index is 2.32. The molecule has 2 aromatic carbocycles. The highest BCUT2D eigenvalue weighted by Crippen LogP contribution is 2.28. The minimum Gasteiger partial charge on any atom is -0.496 e. The van der Waals surface area contributed by atoms with Gasteiger partial charge in [-0.05, 0) is 42.2 Å². The van der Waals surface area contributed by atoms with Gasteiger partial charge in [-0.3, -0.25) is 4.79 Å². The summed E-state index contributed by atoms with van der Waals surface area (Å²) in [6.45, 7) is 4.27. The summed E-state index contributed by atoms with van der Waals surface area (Å²) in [7, 11) is 1.53. The zero-order chi connectivity index (χ0) is 16.1. The lowest BCUT2D eigenvalue weighted by Crippen LogP contribution is -2.15. The van der Waals surface area contributed by atoms with Gasteiger partial charge in [0.2, 0.25) is 0 Å².